The van der Waals surface area contributed by atoms with Crippen LogP contribution in [0.15, 0.2) is 30.5 Å². The van der Waals surface area contributed by atoms with Crippen molar-refractivity contribution < 1.29 is 14.3 Å². The number of benzene rings is 1. The van der Waals surface area contributed by atoms with Gasteiger partial charge in [-0.2, -0.15) is 0 Å². The molecular weight excluding hydrogens is 289 g/mol. The van der Waals surface area contributed by atoms with E-state index in [1.807, 2.05) is 0 Å². The van der Waals surface area contributed by atoms with E-state index in [0.717, 1.165) is 0 Å². The van der Waals surface area contributed by atoms with Gasteiger partial charge in [-0.25, -0.2) is 4.79 Å². The molecular formula is C13H9Cl2NO3. The summed E-state index contributed by atoms with van der Waals surface area (Å²) in [6, 6.07) is 6.01. The predicted octanol–water partition coefficient (Wildman–Crippen LogP) is 3.34. The van der Waals surface area contributed by atoms with Crippen molar-refractivity contribution in [2.75, 3.05) is 7.11 Å². The molecule has 0 aliphatic heterocycles. The molecule has 6 heteroatoms. The van der Waals surface area contributed by atoms with E-state index in [1.54, 1.807) is 6.07 Å². The lowest BCUT2D eigenvalue weighted by Crippen LogP contribution is -2.03. The zero-order valence-electron chi connectivity index (χ0n) is 9.87. The fourth-order valence-electron chi connectivity index (χ4n) is 1.58. The molecule has 0 saturated carbocycles. The molecule has 1 heterocycles. The van der Waals surface area contributed by atoms with Gasteiger partial charge < -0.3 is 9.72 Å². The zero-order chi connectivity index (χ0) is 14.0. The zero-order valence-corrected chi connectivity index (χ0v) is 11.4. The van der Waals surface area contributed by atoms with Gasteiger partial charge in [0.15, 0.2) is 0 Å². The van der Waals surface area contributed by atoms with Crippen molar-refractivity contribution in [1.29, 1.82) is 0 Å². The van der Waals surface area contributed by atoms with E-state index in [-0.39, 0.29) is 22.1 Å². The topological polar surface area (TPSA) is 59.2 Å². The highest BCUT2D eigenvalue weighted by molar-refractivity contribution is 6.37. The maximum atomic E-state index is 12.2. The molecule has 2 rings (SSSR count). The van der Waals surface area contributed by atoms with E-state index < -0.39 is 5.97 Å². The number of methoxy groups -OCH3 is 1. The van der Waals surface area contributed by atoms with Crippen molar-refractivity contribution in [3.63, 3.8) is 0 Å². The first-order chi connectivity index (χ1) is 9.02. The second-order valence-corrected chi connectivity index (χ2v) is 4.59. The summed E-state index contributed by atoms with van der Waals surface area (Å²) in [6.07, 6.45) is 1.41. The van der Waals surface area contributed by atoms with Crippen LogP contribution in [0.25, 0.3) is 0 Å². The average Bonchev–Trinajstić information content (AvgIpc) is 2.86. The minimum Gasteiger partial charge on any atom is -0.465 e. The highest BCUT2D eigenvalue weighted by atomic mass is 35.5. The van der Waals surface area contributed by atoms with Crippen molar-refractivity contribution in [1.82, 2.24) is 4.98 Å². The molecule has 1 aromatic heterocycles. The monoisotopic (exact) mass is 297 g/mol. The van der Waals surface area contributed by atoms with Gasteiger partial charge in [-0.05, 0) is 24.3 Å². The van der Waals surface area contributed by atoms with Gasteiger partial charge in [0.05, 0.1) is 23.4 Å². The van der Waals surface area contributed by atoms with Crippen LogP contribution in [-0.4, -0.2) is 23.8 Å². The minimum atomic E-state index is -0.516. The number of H-pyrrole nitrogens is 1. The number of hydrogen-bond donors (Lipinski definition) is 1. The quantitative estimate of drug-likeness (QED) is 0.698. The number of ketones is 1. The van der Waals surface area contributed by atoms with Crippen LogP contribution in [0.4, 0.5) is 0 Å². The summed E-state index contributed by atoms with van der Waals surface area (Å²) in [4.78, 5) is 26.2. The Morgan fingerprint density at radius 2 is 1.95 bits per heavy atom. The Hall–Kier alpha value is -1.78. The van der Waals surface area contributed by atoms with Crippen LogP contribution in [0.3, 0.4) is 0 Å². The summed E-state index contributed by atoms with van der Waals surface area (Å²) in [5, 5.41) is 0.704. The van der Waals surface area contributed by atoms with Crippen molar-refractivity contribution in [3.05, 3.63) is 57.3 Å². The van der Waals surface area contributed by atoms with Gasteiger partial charge in [-0.15, -0.1) is 0 Å². The van der Waals surface area contributed by atoms with Gasteiger partial charge in [0.2, 0.25) is 5.78 Å². The second-order valence-electron chi connectivity index (χ2n) is 3.75. The number of halogens is 2. The summed E-state index contributed by atoms with van der Waals surface area (Å²) < 4.78 is 4.56. The highest BCUT2D eigenvalue weighted by Crippen LogP contribution is 2.23. The first-order valence-electron chi connectivity index (χ1n) is 5.29. The van der Waals surface area contributed by atoms with E-state index in [4.69, 9.17) is 23.2 Å². The van der Waals surface area contributed by atoms with Crippen molar-refractivity contribution in [2.24, 2.45) is 0 Å². The number of ether oxygens (including phenoxy) is 1. The fourth-order valence-corrected chi connectivity index (χ4v) is 2.07. The summed E-state index contributed by atoms with van der Waals surface area (Å²) in [5.74, 6) is -0.839. The van der Waals surface area contributed by atoms with Crippen LogP contribution in [0.1, 0.15) is 26.4 Å². The third kappa shape index (κ3) is 2.80. The van der Waals surface area contributed by atoms with E-state index in [1.165, 1.54) is 31.5 Å². The Morgan fingerprint density at radius 3 is 2.58 bits per heavy atom. The number of carbonyl (C=O) groups excluding carboxylic acids is 2. The molecule has 4 nitrogen and oxygen atoms in total. The molecule has 0 unspecified atom stereocenters. The van der Waals surface area contributed by atoms with Gasteiger partial charge in [0.25, 0.3) is 0 Å². The molecule has 0 radical (unpaired) electrons. The van der Waals surface area contributed by atoms with Gasteiger partial charge in [0, 0.05) is 16.8 Å². The molecule has 0 amide bonds. The molecule has 2 aromatic rings. The average molecular weight is 298 g/mol. The van der Waals surface area contributed by atoms with Crippen LogP contribution >= 0.6 is 23.2 Å². The number of esters is 1. The van der Waals surface area contributed by atoms with Gasteiger partial charge >= 0.3 is 5.97 Å². The number of rotatable bonds is 3. The first-order valence-corrected chi connectivity index (χ1v) is 6.05. The van der Waals surface area contributed by atoms with Gasteiger partial charge in [-0.1, -0.05) is 23.2 Å². The molecule has 19 heavy (non-hydrogen) atoms. The van der Waals surface area contributed by atoms with E-state index >= 15 is 0 Å². The smallest absolute Gasteiger partial charge is 0.339 e. The molecule has 0 spiro atoms. The third-order valence-corrected chi connectivity index (χ3v) is 3.07. The Bertz CT molecular complexity index is 649. The van der Waals surface area contributed by atoms with E-state index in [0.29, 0.717) is 10.6 Å². The highest BCUT2D eigenvalue weighted by Gasteiger charge is 2.17. The molecule has 98 valence electrons. The van der Waals surface area contributed by atoms with Crippen LogP contribution in [-0.2, 0) is 4.74 Å². The number of aromatic amines is 1. The molecule has 0 aliphatic carbocycles. The maximum absolute atomic E-state index is 12.2. The number of nitrogens with one attached hydrogen (secondary N) is 1. The van der Waals surface area contributed by atoms with Crippen molar-refractivity contribution in [2.45, 2.75) is 0 Å². The lowest BCUT2D eigenvalue weighted by Gasteiger charge is -2.02. The molecule has 0 bridgehead atoms. The Labute approximate surface area is 119 Å². The Morgan fingerprint density at radius 1 is 1.21 bits per heavy atom. The maximum Gasteiger partial charge on any atom is 0.339 e. The summed E-state index contributed by atoms with van der Waals surface area (Å²) in [7, 11) is 1.27. The number of carbonyl (C=O) groups is 2. The Kier molecular flexibility index (Phi) is 3.93. The second kappa shape index (κ2) is 5.47. The first kappa shape index (κ1) is 13.6. The van der Waals surface area contributed by atoms with Gasteiger partial charge in [0.1, 0.15) is 0 Å². The van der Waals surface area contributed by atoms with Crippen LogP contribution in [0, 0.1) is 0 Å². The molecule has 0 aliphatic rings. The molecule has 0 atom stereocenters. The largest absolute Gasteiger partial charge is 0.465 e. The normalized spacial score (nSPS) is 10.3. The van der Waals surface area contributed by atoms with E-state index in [9.17, 15) is 9.59 Å². The number of aromatic nitrogens is 1. The summed E-state index contributed by atoms with van der Waals surface area (Å²) in [6.45, 7) is 0. The summed E-state index contributed by atoms with van der Waals surface area (Å²) in [5.41, 5.74) is 0.838. The lowest BCUT2D eigenvalue weighted by atomic mass is 10.1. The fraction of sp³-hybridized carbons (Fsp3) is 0.0769. The van der Waals surface area contributed by atoms with Crippen LogP contribution < -0.4 is 0 Å². The molecule has 1 aromatic carbocycles. The van der Waals surface area contributed by atoms with Crippen LogP contribution in [0.2, 0.25) is 10.0 Å². The predicted molar refractivity (Wildman–Crippen MR) is 72.0 cm³/mol. The SMILES string of the molecule is COC(=O)c1c[nH]c(C(=O)c2ccc(Cl)cc2Cl)c1. The lowest BCUT2D eigenvalue weighted by molar-refractivity contribution is 0.0601. The summed E-state index contributed by atoms with van der Waals surface area (Å²) >= 11 is 11.7. The van der Waals surface area contributed by atoms with Crippen molar-refractivity contribution >= 4 is 35.0 Å². The molecule has 0 fully saturated rings. The number of hydrogen-bond acceptors (Lipinski definition) is 3. The Balaban J connectivity index is 2.34. The molecule has 0 saturated heterocycles. The van der Waals surface area contributed by atoms with Gasteiger partial charge in [-0.3, -0.25) is 4.79 Å². The standard InChI is InChI=1S/C13H9Cl2NO3/c1-19-13(18)7-4-11(16-6-7)12(17)9-3-2-8(14)5-10(9)15/h2-6,16H,1H3. The van der Waals surface area contributed by atoms with Crippen molar-refractivity contribution in [3.8, 4) is 0 Å². The van der Waals surface area contributed by atoms with Crippen LogP contribution in [0.5, 0.6) is 0 Å². The third-order valence-electron chi connectivity index (χ3n) is 2.52. The van der Waals surface area contributed by atoms with E-state index in [2.05, 4.69) is 9.72 Å². The molecule has 1 N–H and O–H groups in total. The minimum absolute atomic E-state index is 0.254.